The van der Waals surface area contributed by atoms with Crippen molar-refractivity contribution in [1.29, 1.82) is 0 Å². The minimum Gasteiger partial charge on any atom is -0.496 e. The molecule has 0 saturated heterocycles. The van der Waals surface area contributed by atoms with Gasteiger partial charge in [0.2, 0.25) is 0 Å². The standard InChI is InChI=1S/C18H16ClNO5S/c1-24-15-6-4-3-5-12(15)17(22)20-16(21)10-25-18(23)13-9-11(26-2)7-8-14(13)19/h3-9H,10H2,1-2H3,(H,20,21,22). The lowest BCUT2D eigenvalue weighted by Gasteiger charge is -2.09. The summed E-state index contributed by atoms with van der Waals surface area (Å²) in [5.74, 6) is -1.82. The van der Waals surface area contributed by atoms with E-state index < -0.39 is 24.4 Å². The molecule has 26 heavy (non-hydrogen) atoms. The van der Waals surface area contributed by atoms with Crippen LogP contribution in [0.25, 0.3) is 0 Å². The first-order valence-corrected chi connectivity index (χ1v) is 9.04. The summed E-state index contributed by atoms with van der Waals surface area (Å²) in [5, 5.41) is 2.36. The molecule has 2 rings (SSSR count). The third kappa shape index (κ3) is 5.00. The van der Waals surface area contributed by atoms with Crippen LogP contribution < -0.4 is 10.1 Å². The average Bonchev–Trinajstić information content (AvgIpc) is 2.66. The Bertz CT molecular complexity index is 840. The van der Waals surface area contributed by atoms with Gasteiger partial charge in [-0.25, -0.2) is 4.79 Å². The maximum absolute atomic E-state index is 12.1. The van der Waals surface area contributed by atoms with Gasteiger partial charge in [-0.1, -0.05) is 23.7 Å². The fourth-order valence-corrected chi connectivity index (χ4v) is 2.69. The Balaban J connectivity index is 1.96. The molecule has 0 aliphatic rings. The van der Waals surface area contributed by atoms with Crippen molar-refractivity contribution in [2.24, 2.45) is 0 Å². The Morgan fingerprint density at radius 2 is 1.85 bits per heavy atom. The topological polar surface area (TPSA) is 81.7 Å². The van der Waals surface area contributed by atoms with E-state index >= 15 is 0 Å². The van der Waals surface area contributed by atoms with Crippen molar-refractivity contribution < 1.29 is 23.9 Å². The molecule has 0 atom stereocenters. The minimum atomic E-state index is -0.758. The van der Waals surface area contributed by atoms with Crippen molar-refractivity contribution in [2.45, 2.75) is 4.90 Å². The molecule has 0 bridgehead atoms. The highest BCUT2D eigenvalue weighted by Gasteiger charge is 2.18. The molecule has 0 spiro atoms. The van der Waals surface area contributed by atoms with Crippen LogP contribution in [0.1, 0.15) is 20.7 Å². The summed E-state index contributed by atoms with van der Waals surface area (Å²) in [4.78, 5) is 36.9. The van der Waals surface area contributed by atoms with Crippen molar-refractivity contribution in [2.75, 3.05) is 20.0 Å². The van der Waals surface area contributed by atoms with Gasteiger partial charge in [0.15, 0.2) is 6.61 Å². The average molecular weight is 394 g/mol. The smallest absolute Gasteiger partial charge is 0.340 e. The summed E-state index contributed by atoms with van der Waals surface area (Å²) >= 11 is 7.42. The number of hydrogen-bond donors (Lipinski definition) is 1. The molecule has 136 valence electrons. The molecule has 2 aromatic carbocycles. The van der Waals surface area contributed by atoms with E-state index in [0.717, 1.165) is 4.90 Å². The van der Waals surface area contributed by atoms with E-state index in [0.29, 0.717) is 5.75 Å². The van der Waals surface area contributed by atoms with Crippen molar-refractivity contribution in [3.8, 4) is 5.75 Å². The Hall–Kier alpha value is -2.51. The number of thioether (sulfide) groups is 1. The lowest BCUT2D eigenvalue weighted by molar-refractivity contribution is -0.123. The summed E-state index contributed by atoms with van der Waals surface area (Å²) in [5.41, 5.74) is 0.354. The first-order valence-electron chi connectivity index (χ1n) is 7.44. The van der Waals surface area contributed by atoms with Crippen molar-refractivity contribution in [1.82, 2.24) is 5.32 Å². The predicted molar refractivity (Wildman–Crippen MR) is 99.0 cm³/mol. The molecule has 0 aliphatic carbocycles. The molecule has 0 saturated carbocycles. The molecular formula is C18H16ClNO5S. The number of imide groups is 1. The lowest BCUT2D eigenvalue weighted by atomic mass is 10.2. The second-order valence-corrected chi connectivity index (χ2v) is 6.29. The normalized spacial score (nSPS) is 10.1. The van der Waals surface area contributed by atoms with Crippen LogP contribution in [0.2, 0.25) is 5.02 Å². The van der Waals surface area contributed by atoms with Crippen LogP contribution in [0.4, 0.5) is 0 Å². The number of methoxy groups -OCH3 is 1. The van der Waals surface area contributed by atoms with E-state index in [4.69, 9.17) is 21.1 Å². The lowest BCUT2D eigenvalue weighted by Crippen LogP contribution is -2.34. The molecule has 2 aromatic rings. The number of esters is 1. The second kappa shape index (κ2) is 9.26. The number of ether oxygens (including phenoxy) is 2. The highest BCUT2D eigenvalue weighted by molar-refractivity contribution is 7.98. The maximum Gasteiger partial charge on any atom is 0.340 e. The van der Waals surface area contributed by atoms with Gasteiger partial charge in [0.1, 0.15) is 5.75 Å². The molecule has 0 aliphatic heterocycles. The van der Waals surface area contributed by atoms with Crippen LogP contribution in [-0.2, 0) is 9.53 Å². The minimum absolute atomic E-state index is 0.155. The van der Waals surface area contributed by atoms with Crippen molar-refractivity contribution >= 4 is 41.1 Å². The molecule has 0 heterocycles. The van der Waals surface area contributed by atoms with Gasteiger partial charge in [-0.2, -0.15) is 0 Å². The van der Waals surface area contributed by atoms with Crippen LogP contribution in [0.15, 0.2) is 47.4 Å². The van der Waals surface area contributed by atoms with Crippen LogP contribution in [0.5, 0.6) is 5.75 Å². The molecule has 0 radical (unpaired) electrons. The van der Waals surface area contributed by atoms with E-state index in [2.05, 4.69) is 5.32 Å². The van der Waals surface area contributed by atoms with Crippen LogP contribution in [0, 0.1) is 0 Å². The van der Waals surface area contributed by atoms with Crippen LogP contribution >= 0.6 is 23.4 Å². The number of nitrogens with one attached hydrogen (secondary N) is 1. The van der Waals surface area contributed by atoms with Gasteiger partial charge in [-0.05, 0) is 36.6 Å². The fourth-order valence-electron chi connectivity index (χ4n) is 2.06. The first-order chi connectivity index (χ1) is 12.5. The van der Waals surface area contributed by atoms with Crippen LogP contribution in [0.3, 0.4) is 0 Å². The zero-order valence-corrected chi connectivity index (χ0v) is 15.6. The van der Waals surface area contributed by atoms with Gasteiger partial charge >= 0.3 is 5.97 Å². The summed E-state index contributed by atoms with van der Waals surface area (Å²) in [6.07, 6.45) is 1.86. The third-order valence-corrected chi connectivity index (χ3v) is 4.39. The van der Waals surface area contributed by atoms with Crippen molar-refractivity contribution in [3.05, 3.63) is 58.6 Å². The number of amides is 2. The van der Waals surface area contributed by atoms with E-state index in [-0.39, 0.29) is 16.1 Å². The van der Waals surface area contributed by atoms with E-state index in [1.807, 2.05) is 6.26 Å². The van der Waals surface area contributed by atoms with E-state index in [9.17, 15) is 14.4 Å². The highest BCUT2D eigenvalue weighted by atomic mass is 35.5. The summed E-state index contributed by atoms with van der Waals surface area (Å²) in [6.45, 7) is -0.612. The molecule has 2 amide bonds. The number of halogens is 1. The quantitative estimate of drug-likeness (QED) is 0.599. The third-order valence-electron chi connectivity index (χ3n) is 3.33. The number of para-hydroxylation sites is 1. The molecule has 6 nitrogen and oxygen atoms in total. The number of benzene rings is 2. The Morgan fingerprint density at radius 3 is 2.54 bits per heavy atom. The predicted octanol–water partition coefficient (Wildman–Crippen LogP) is 3.18. The fraction of sp³-hybridized carbons (Fsp3) is 0.167. The van der Waals surface area contributed by atoms with Gasteiger partial charge < -0.3 is 9.47 Å². The monoisotopic (exact) mass is 393 g/mol. The summed E-state index contributed by atoms with van der Waals surface area (Å²) in [7, 11) is 1.42. The van der Waals surface area contributed by atoms with Gasteiger partial charge in [0, 0.05) is 4.90 Å². The number of rotatable bonds is 6. The van der Waals surface area contributed by atoms with E-state index in [1.54, 1.807) is 36.4 Å². The van der Waals surface area contributed by atoms with Crippen LogP contribution in [-0.4, -0.2) is 37.8 Å². The molecular weight excluding hydrogens is 378 g/mol. The number of carbonyl (C=O) groups is 3. The SMILES string of the molecule is COc1ccccc1C(=O)NC(=O)COC(=O)c1cc(SC)ccc1Cl. The Kier molecular flexibility index (Phi) is 7.06. The summed E-state index contributed by atoms with van der Waals surface area (Å²) in [6, 6.07) is 11.4. The van der Waals surface area contributed by atoms with Gasteiger partial charge in [-0.3, -0.25) is 14.9 Å². The van der Waals surface area contributed by atoms with Crippen molar-refractivity contribution in [3.63, 3.8) is 0 Å². The van der Waals surface area contributed by atoms with Gasteiger partial charge in [-0.15, -0.1) is 11.8 Å². The molecule has 0 fully saturated rings. The maximum atomic E-state index is 12.1. The summed E-state index contributed by atoms with van der Waals surface area (Å²) < 4.78 is 10.0. The molecule has 0 aromatic heterocycles. The Labute approximate surface area is 159 Å². The Morgan fingerprint density at radius 1 is 1.12 bits per heavy atom. The largest absolute Gasteiger partial charge is 0.496 e. The van der Waals surface area contributed by atoms with E-state index in [1.165, 1.54) is 24.9 Å². The molecule has 1 N–H and O–H groups in total. The highest BCUT2D eigenvalue weighted by Crippen LogP contribution is 2.23. The zero-order chi connectivity index (χ0) is 19.1. The second-order valence-electron chi connectivity index (χ2n) is 5.00. The zero-order valence-electron chi connectivity index (χ0n) is 14.1. The molecule has 0 unspecified atom stereocenters. The molecule has 8 heteroatoms. The number of carbonyl (C=O) groups excluding carboxylic acids is 3. The van der Waals surface area contributed by atoms with Gasteiger partial charge in [0.25, 0.3) is 11.8 Å². The van der Waals surface area contributed by atoms with Gasteiger partial charge in [0.05, 0.1) is 23.3 Å². The number of hydrogen-bond acceptors (Lipinski definition) is 6. The first kappa shape index (κ1) is 19.8.